The van der Waals surface area contributed by atoms with E-state index in [9.17, 15) is 0 Å². The van der Waals surface area contributed by atoms with Gasteiger partial charge in [-0.3, -0.25) is 0 Å². The molecule has 0 aliphatic carbocycles. The van der Waals surface area contributed by atoms with Gasteiger partial charge in [0.1, 0.15) is 0 Å². The van der Waals surface area contributed by atoms with E-state index in [4.69, 9.17) is 0 Å². The van der Waals surface area contributed by atoms with Crippen molar-refractivity contribution in [3.05, 3.63) is 61.2 Å². The fourth-order valence-electron chi connectivity index (χ4n) is 1.09. The molecule has 0 bridgehead atoms. The first kappa shape index (κ1) is 10.0. The van der Waals surface area contributed by atoms with E-state index in [0.29, 0.717) is 0 Å². The molecule has 3 heteroatoms. The van der Waals surface area contributed by atoms with Crippen LogP contribution in [0.15, 0.2) is 61.2 Å². The molecule has 0 fully saturated rings. The average molecular weight is 348 g/mol. The second-order valence-corrected chi connectivity index (χ2v) is 2.51. The number of pyridine rings is 2. The Kier molecular flexibility index (Phi) is 3.73. The Morgan fingerprint density at radius 3 is 1.08 bits per heavy atom. The predicted molar refractivity (Wildman–Crippen MR) is 44.1 cm³/mol. The maximum absolute atomic E-state index is 2.00. The van der Waals surface area contributed by atoms with Gasteiger partial charge in [0.2, 0.25) is 24.8 Å². The van der Waals surface area contributed by atoms with E-state index in [2.05, 4.69) is 0 Å². The summed E-state index contributed by atoms with van der Waals surface area (Å²) in [5.41, 5.74) is 0. The maximum atomic E-state index is 2.00. The van der Waals surface area contributed by atoms with Crippen LogP contribution in [0.2, 0.25) is 0 Å². The molecule has 2 aromatic rings. The molecule has 13 heavy (non-hydrogen) atoms. The van der Waals surface area contributed by atoms with Crippen LogP contribution < -0.4 is 9.35 Å². The molecular formula is C10H10N2Os+2. The quantitative estimate of drug-likeness (QED) is 0.666. The fourth-order valence-corrected chi connectivity index (χ4v) is 1.09. The van der Waals surface area contributed by atoms with E-state index in [1.165, 1.54) is 0 Å². The van der Waals surface area contributed by atoms with Gasteiger partial charge in [-0.1, -0.05) is 0 Å². The molecule has 0 aliphatic rings. The van der Waals surface area contributed by atoms with E-state index in [1.54, 1.807) is 0 Å². The van der Waals surface area contributed by atoms with Crippen LogP contribution in [0.3, 0.4) is 0 Å². The molecule has 0 atom stereocenters. The minimum absolute atomic E-state index is 0. The molecule has 2 rings (SSSR count). The first-order chi connectivity index (χ1) is 5.97. The molecule has 0 spiro atoms. The average Bonchev–Trinajstić information content (AvgIpc) is 2.21. The summed E-state index contributed by atoms with van der Waals surface area (Å²) in [6.07, 6.45) is 8.00. The van der Waals surface area contributed by atoms with Gasteiger partial charge in [0, 0.05) is 44.1 Å². The topological polar surface area (TPSA) is 7.76 Å². The second kappa shape index (κ2) is 4.84. The van der Waals surface area contributed by atoms with E-state index in [-0.39, 0.29) is 19.8 Å². The summed E-state index contributed by atoms with van der Waals surface area (Å²) in [4.78, 5) is 0. The van der Waals surface area contributed by atoms with Gasteiger partial charge in [-0.25, -0.2) is 0 Å². The van der Waals surface area contributed by atoms with E-state index in [0.717, 1.165) is 0 Å². The SMILES string of the molecule is [Os].c1cc[n+](-[n+]2ccccc2)cc1. The first-order valence-electron chi connectivity index (χ1n) is 3.90. The summed E-state index contributed by atoms with van der Waals surface area (Å²) in [5, 5.41) is 0. The zero-order chi connectivity index (χ0) is 8.23. The van der Waals surface area contributed by atoms with Gasteiger partial charge in [0.05, 0.1) is 9.35 Å². The van der Waals surface area contributed by atoms with Crippen molar-refractivity contribution in [2.45, 2.75) is 0 Å². The largest absolute Gasteiger partial charge is 0.242 e. The minimum Gasteiger partial charge on any atom is -0.0499 e. The molecule has 0 aromatic carbocycles. The van der Waals surface area contributed by atoms with Crippen LogP contribution in [0.5, 0.6) is 0 Å². The van der Waals surface area contributed by atoms with Gasteiger partial charge in [0.25, 0.3) is 0 Å². The van der Waals surface area contributed by atoms with Gasteiger partial charge in [0.15, 0.2) is 0 Å². The van der Waals surface area contributed by atoms with E-state index >= 15 is 0 Å². The Bertz CT molecular complexity index is 310. The van der Waals surface area contributed by atoms with Crippen molar-refractivity contribution in [1.82, 2.24) is 0 Å². The first-order valence-corrected chi connectivity index (χ1v) is 3.90. The van der Waals surface area contributed by atoms with Gasteiger partial charge >= 0.3 is 0 Å². The van der Waals surface area contributed by atoms with Crippen LogP contribution in [-0.4, -0.2) is 0 Å². The van der Waals surface area contributed by atoms with Crippen molar-refractivity contribution in [1.29, 1.82) is 0 Å². The molecule has 0 saturated heterocycles. The van der Waals surface area contributed by atoms with Crippen molar-refractivity contribution in [3.63, 3.8) is 0 Å². The molecule has 0 unspecified atom stereocenters. The number of rotatable bonds is 1. The van der Waals surface area contributed by atoms with Crippen LogP contribution in [0, 0.1) is 0 Å². The van der Waals surface area contributed by atoms with Crippen LogP contribution in [-0.2, 0) is 19.8 Å². The Morgan fingerprint density at radius 2 is 0.769 bits per heavy atom. The van der Waals surface area contributed by atoms with Gasteiger partial charge in [-0.15, -0.1) is 0 Å². The third kappa shape index (κ3) is 2.44. The van der Waals surface area contributed by atoms with Crippen molar-refractivity contribution >= 4 is 0 Å². The second-order valence-electron chi connectivity index (χ2n) is 2.51. The van der Waals surface area contributed by atoms with Crippen molar-refractivity contribution < 1.29 is 29.1 Å². The molecule has 0 amide bonds. The maximum Gasteiger partial charge on any atom is 0.242 e. The zero-order valence-corrected chi connectivity index (χ0v) is 9.56. The van der Waals surface area contributed by atoms with Crippen molar-refractivity contribution in [2.75, 3.05) is 0 Å². The number of nitrogens with zero attached hydrogens (tertiary/aromatic N) is 2. The molecule has 2 heterocycles. The van der Waals surface area contributed by atoms with Gasteiger partial charge < -0.3 is 0 Å². The van der Waals surface area contributed by atoms with Crippen LogP contribution in [0.25, 0.3) is 0 Å². The Hall–Kier alpha value is -1.06. The summed E-state index contributed by atoms with van der Waals surface area (Å²) in [6, 6.07) is 12.0. The molecule has 2 nitrogen and oxygen atoms in total. The molecule has 2 aromatic heterocycles. The fraction of sp³-hybridized carbons (Fsp3) is 0. The van der Waals surface area contributed by atoms with Gasteiger partial charge in [-0.2, -0.15) is 0 Å². The summed E-state index contributed by atoms with van der Waals surface area (Å²) in [7, 11) is 0. The predicted octanol–water partition coefficient (Wildman–Crippen LogP) is 0.570. The normalized spacial score (nSPS) is 8.92. The van der Waals surface area contributed by atoms with Crippen molar-refractivity contribution in [2.24, 2.45) is 0 Å². The smallest absolute Gasteiger partial charge is 0.0499 e. The Labute approximate surface area is 90.5 Å². The van der Waals surface area contributed by atoms with Crippen LogP contribution in [0.1, 0.15) is 0 Å². The monoisotopic (exact) mass is 350 g/mol. The molecule has 0 aliphatic heterocycles. The number of hydrogen-bond acceptors (Lipinski definition) is 0. The Morgan fingerprint density at radius 1 is 0.462 bits per heavy atom. The van der Waals surface area contributed by atoms with E-state index < -0.39 is 0 Å². The summed E-state index contributed by atoms with van der Waals surface area (Å²) >= 11 is 0. The molecule has 0 N–H and O–H groups in total. The molecule has 0 radical (unpaired) electrons. The minimum atomic E-state index is 0. The number of hydrogen-bond donors (Lipinski definition) is 0. The standard InChI is InChI=1S/C10H10N2.Os/c1-3-7-11(8-4-1)12-9-5-2-6-10-12;/h1-10H;/q+2;. The van der Waals surface area contributed by atoms with Gasteiger partial charge in [-0.05, 0) is 12.1 Å². The summed E-state index contributed by atoms with van der Waals surface area (Å²) < 4.78 is 4.00. The molecule has 0 saturated carbocycles. The third-order valence-corrected chi connectivity index (χ3v) is 1.67. The van der Waals surface area contributed by atoms with Crippen LogP contribution in [0.4, 0.5) is 0 Å². The number of aromatic nitrogens is 2. The van der Waals surface area contributed by atoms with Crippen LogP contribution >= 0.6 is 0 Å². The van der Waals surface area contributed by atoms with E-state index in [1.807, 2.05) is 70.5 Å². The summed E-state index contributed by atoms with van der Waals surface area (Å²) in [5.74, 6) is 0. The third-order valence-electron chi connectivity index (χ3n) is 1.67. The Balaban J connectivity index is 0.000000845. The van der Waals surface area contributed by atoms with Crippen molar-refractivity contribution in [3.8, 4) is 0 Å². The zero-order valence-electron chi connectivity index (χ0n) is 7.02. The summed E-state index contributed by atoms with van der Waals surface area (Å²) in [6.45, 7) is 0. The molecular weight excluding hydrogens is 338 g/mol. The molecule has 66 valence electrons.